The van der Waals surface area contributed by atoms with E-state index in [4.69, 9.17) is 4.74 Å². The molecule has 7 nitrogen and oxygen atoms in total. The van der Waals surface area contributed by atoms with Crippen molar-refractivity contribution >= 4 is 46.2 Å². The molecule has 0 aliphatic rings. The van der Waals surface area contributed by atoms with Crippen LogP contribution in [-0.2, 0) is 0 Å². The van der Waals surface area contributed by atoms with Gasteiger partial charge in [-0.25, -0.2) is 0 Å². The monoisotopic (exact) mass is 400 g/mol. The highest BCUT2D eigenvalue weighted by atomic mass is 32.2. The van der Waals surface area contributed by atoms with Crippen molar-refractivity contribution < 1.29 is 14.9 Å². The molecule has 0 spiro atoms. The van der Waals surface area contributed by atoms with Gasteiger partial charge in [0.1, 0.15) is 10.0 Å². The Morgan fingerprint density at radius 3 is 2.04 bits per heavy atom. The lowest BCUT2D eigenvalue weighted by Crippen LogP contribution is -1.91. The van der Waals surface area contributed by atoms with Crippen LogP contribution in [0.2, 0.25) is 0 Å². The van der Waals surface area contributed by atoms with Crippen molar-refractivity contribution in [3.8, 4) is 17.2 Å². The van der Waals surface area contributed by atoms with Crippen molar-refractivity contribution in [2.75, 3.05) is 7.11 Å². The van der Waals surface area contributed by atoms with Gasteiger partial charge in [0.25, 0.3) is 0 Å². The molecule has 0 saturated heterocycles. The number of aromatic nitrogens is 4. The molecule has 0 radical (unpaired) electrons. The molecule has 0 amide bonds. The summed E-state index contributed by atoms with van der Waals surface area (Å²) < 4.78 is 6.74. The Morgan fingerprint density at radius 1 is 0.958 bits per heavy atom. The second-order valence-electron chi connectivity index (χ2n) is 4.48. The Morgan fingerprint density at radius 2 is 1.54 bits per heavy atom. The molecule has 11 heteroatoms. The van der Waals surface area contributed by atoms with E-state index in [1.54, 1.807) is 0 Å². The number of benzene rings is 1. The maximum absolute atomic E-state index is 10.1. The summed E-state index contributed by atoms with van der Waals surface area (Å²) in [6, 6.07) is 1.48. The van der Waals surface area contributed by atoms with Gasteiger partial charge >= 0.3 is 0 Å². The summed E-state index contributed by atoms with van der Waals surface area (Å²) in [6.45, 7) is 3.74. The van der Waals surface area contributed by atoms with Gasteiger partial charge in [0.15, 0.2) is 20.2 Å². The standard InChI is InChI=1S/C13H12N4O3S4/c1-5-14-16-12(21-5)23-8-4-7(18)9(19)10(20-3)11(8)24-13-17-15-6(2)22-13/h4,18-19H,1-3H3. The minimum absolute atomic E-state index is 0.191. The van der Waals surface area contributed by atoms with Crippen molar-refractivity contribution in [3.05, 3.63) is 16.1 Å². The molecule has 0 bridgehead atoms. The fraction of sp³-hybridized carbons (Fsp3) is 0.231. The Balaban J connectivity index is 2.06. The zero-order chi connectivity index (χ0) is 17.3. The third-order valence-electron chi connectivity index (χ3n) is 2.76. The predicted octanol–water partition coefficient (Wildman–Crippen LogP) is 3.73. The van der Waals surface area contributed by atoms with Crippen molar-refractivity contribution in [1.29, 1.82) is 0 Å². The van der Waals surface area contributed by atoms with Gasteiger partial charge in [-0.15, -0.1) is 20.4 Å². The Kier molecular flexibility index (Phi) is 5.13. The van der Waals surface area contributed by atoms with Crippen LogP contribution < -0.4 is 4.74 Å². The first-order chi connectivity index (χ1) is 11.5. The number of phenols is 2. The number of phenolic OH excluding ortho intramolecular Hbond substituents is 2. The highest BCUT2D eigenvalue weighted by Crippen LogP contribution is 2.51. The van der Waals surface area contributed by atoms with Crippen LogP contribution in [0.1, 0.15) is 10.0 Å². The van der Waals surface area contributed by atoms with Crippen molar-refractivity contribution in [2.24, 2.45) is 0 Å². The van der Waals surface area contributed by atoms with E-state index in [0.717, 1.165) is 14.4 Å². The number of methoxy groups -OCH3 is 1. The smallest absolute Gasteiger partial charge is 0.201 e. The predicted molar refractivity (Wildman–Crippen MR) is 93.9 cm³/mol. The molecule has 2 aromatic heterocycles. The zero-order valence-electron chi connectivity index (χ0n) is 12.8. The van der Waals surface area contributed by atoms with E-state index in [-0.39, 0.29) is 17.2 Å². The maximum Gasteiger partial charge on any atom is 0.201 e. The Hall–Kier alpha value is -1.56. The molecule has 2 N–H and O–H groups in total. The third kappa shape index (κ3) is 3.58. The van der Waals surface area contributed by atoms with Crippen LogP contribution in [0.4, 0.5) is 0 Å². The Labute approximate surface area is 154 Å². The lowest BCUT2D eigenvalue weighted by atomic mass is 10.3. The van der Waals surface area contributed by atoms with Gasteiger partial charge in [0.2, 0.25) is 5.75 Å². The molecule has 0 atom stereocenters. The van der Waals surface area contributed by atoms with E-state index < -0.39 is 0 Å². The molecule has 0 aliphatic carbocycles. The summed E-state index contributed by atoms with van der Waals surface area (Å²) in [5, 5.41) is 37.9. The van der Waals surface area contributed by atoms with Crippen LogP contribution in [0.15, 0.2) is 24.5 Å². The quantitative estimate of drug-likeness (QED) is 0.620. The Bertz CT molecular complexity index is 880. The van der Waals surface area contributed by atoms with Gasteiger partial charge in [-0.05, 0) is 19.9 Å². The summed E-state index contributed by atoms with van der Waals surface area (Å²) in [6.07, 6.45) is 0. The molecule has 0 saturated carbocycles. The molecule has 0 unspecified atom stereocenters. The summed E-state index contributed by atoms with van der Waals surface area (Å²) in [5.74, 6) is -0.371. The first-order valence-corrected chi connectivity index (χ1v) is 9.83. The number of hydrogen-bond acceptors (Lipinski definition) is 11. The molecule has 0 aliphatic heterocycles. The van der Waals surface area contributed by atoms with E-state index in [1.165, 1.54) is 59.4 Å². The molecule has 1 aromatic carbocycles. The van der Waals surface area contributed by atoms with Crippen LogP contribution in [-0.4, -0.2) is 37.7 Å². The fourth-order valence-electron chi connectivity index (χ4n) is 1.78. The zero-order valence-corrected chi connectivity index (χ0v) is 16.1. The third-order valence-corrected chi connectivity index (χ3v) is 6.82. The van der Waals surface area contributed by atoms with E-state index in [1.807, 2.05) is 13.8 Å². The number of hydrogen-bond donors (Lipinski definition) is 2. The lowest BCUT2D eigenvalue weighted by molar-refractivity contribution is 0.341. The minimum atomic E-state index is -0.306. The van der Waals surface area contributed by atoms with E-state index in [9.17, 15) is 10.2 Å². The molecule has 126 valence electrons. The van der Waals surface area contributed by atoms with Gasteiger partial charge in [-0.1, -0.05) is 46.2 Å². The molecule has 24 heavy (non-hydrogen) atoms. The number of aryl methyl sites for hydroxylation is 2. The number of aromatic hydroxyl groups is 2. The van der Waals surface area contributed by atoms with Crippen LogP contribution in [0, 0.1) is 13.8 Å². The highest BCUT2D eigenvalue weighted by molar-refractivity contribution is 8.04. The van der Waals surface area contributed by atoms with Crippen molar-refractivity contribution in [2.45, 2.75) is 32.3 Å². The van der Waals surface area contributed by atoms with E-state index in [0.29, 0.717) is 14.1 Å². The summed E-state index contributed by atoms with van der Waals surface area (Å²) in [4.78, 5) is 1.33. The topological polar surface area (TPSA) is 101 Å². The van der Waals surface area contributed by atoms with Gasteiger partial charge in [-0.2, -0.15) is 0 Å². The van der Waals surface area contributed by atoms with Gasteiger partial charge in [0.05, 0.1) is 12.0 Å². The average Bonchev–Trinajstić information content (AvgIpc) is 3.13. The number of ether oxygens (including phenoxy) is 1. The molecule has 3 aromatic rings. The van der Waals surface area contributed by atoms with Gasteiger partial charge < -0.3 is 14.9 Å². The normalized spacial score (nSPS) is 11.0. The van der Waals surface area contributed by atoms with Crippen LogP contribution in [0.5, 0.6) is 17.2 Å². The average molecular weight is 401 g/mol. The maximum atomic E-state index is 10.1. The van der Waals surface area contributed by atoms with Crippen LogP contribution in [0.3, 0.4) is 0 Å². The van der Waals surface area contributed by atoms with Crippen molar-refractivity contribution in [3.63, 3.8) is 0 Å². The summed E-state index contributed by atoms with van der Waals surface area (Å²) >= 11 is 5.55. The first kappa shape index (κ1) is 17.3. The second-order valence-corrected chi connectivity index (χ2v) is 9.39. The number of rotatable bonds is 5. The minimum Gasteiger partial charge on any atom is -0.504 e. The van der Waals surface area contributed by atoms with Crippen LogP contribution in [0.25, 0.3) is 0 Å². The van der Waals surface area contributed by atoms with Crippen LogP contribution >= 0.6 is 46.2 Å². The fourth-order valence-corrected chi connectivity index (χ4v) is 5.75. The van der Waals surface area contributed by atoms with Gasteiger partial charge in [0, 0.05) is 4.90 Å². The highest BCUT2D eigenvalue weighted by Gasteiger charge is 2.22. The molecule has 3 rings (SSSR count). The molecular formula is C13H12N4O3S4. The van der Waals surface area contributed by atoms with E-state index in [2.05, 4.69) is 20.4 Å². The number of nitrogens with zero attached hydrogens (tertiary/aromatic N) is 4. The SMILES string of the molecule is COc1c(O)c(O)cc(Sc2nnc(C)s2)c1Sc1nnc(C)s1. The lowest BCUT2D eigenvalue weighted by Gasteiger charge is -2.13. The molecule has 0 fully saturated rings. The van der Waals surface area contributed by atoms with Gasteiger partial charge in [-0.3, -0.25) is 0 Å². The molecular weight excluding hydrogens is 388 g/mol. The summed E-state index contributed by atoms with van der Waals surface area (Å²) in [7, 11) is 1.44. The largest absolute Gasteiger partial charge is 0.504 e. The van der Waals surface area contributed by atoms with Crippen molar-refractivity contribution in [1.82, 2.24) is 20.4 Å². The first-order valence-electron chi connectivity index (χ1n) is 6.56. The summed E-state index contributed by atoms with van der Waals surface area (Å²) in [5.41, 5.74) is 0. The molecule has 2 heterocycles. The van der Waals surface area contributed by atoms with E-state index >= 15 is 0 Å². The second kappa shape index (κ2) is 7.13.